The quantitative estimate of drug-likeness (QED) is 0.901. The summed E-state index contributed by atoms with van der Waals surface area (Å²) in [4.78, 5) is 11.8. The Kier molecular flexibility index (Phi) is 4.91. The average molecular weight is 366 g/mol. The van der Waals surface area contributed by atoms with Gasteiger partial charge in [0, 0.05) is 19.1 Å². The highest BCUT2D eigenvalue weighted by molar-refractivity contribution is 7.89. The lowest BCUT2D eigenvalue weighted by Crippen LogP contribution is -2.46. The van der Waals surface area contributed by atoms with Crippen LogP contribution < -0.4 is 5.32 Å². The lowest BCUT2D eigenvalue weighted by Gasteiger charge is -2.31. The molecule has 0 radical (unpaired) electrons. The second kappa shape index (κ2) is 6.97. The third-order valence-corrected chi connectivity index (χ3v) is 6.14. The van der Waals surface area contributed by atoms with E-state index in [1.807, 2.05) is 0 Å². The van der Waals surface area contributed by atoms with Crippen LogP contribution in [0.1, 0.15) is 29.2 Å². The van der Waals surface area contributed by atoms with Gasteiger partial charge in [0.15, 0.2) is 5.76 Å². The van der Waals surface area contributed by atoms with Gasteiger partial charge in [-0.2, -0.15) is 4.31 Å². The van der Waals surface area contributed by atoms with Gasteiger partial charge in [-0.3, -0.25) is 4.79 Å². The fourth-order valence-electron chi connectivity index (χ4n) is 2.85. The minimum Gasteiger partial charge on any atom is -0.456 e. The summed E-state index contributed by atoms with van der Waals surface area (Å²) in [6.07, 6.45) is 0.915. The summed E-state index contributed by atoms with van der Waals surface area (Å²) < 4.78 is 45.4. The van der Waals surface area contributed by atoms with Gasteiger partial charge in [-0.15, -0.1) is 0 Å². The molecule has 2 heterocycles. The van der Waals surface area contributed by atoms with E-state index < -0.39 is 15.8 Å². The Morgan fingerprint density at radius 3 is 2.48 bits per heavy atom. The number of benzene rings is 1. The lowest BCUT2D eigenvalue weighted by atomic mass is 10.1. The van der Waals surface area contributed by atoms with Crippen LogP contribution >= 0.6 is 0 Å². The summed E-state index contributed by atoms with van der Waals surface area (Å²) in [5.41, 5.74) is 0. The molecule has 0 spiro atoms. The van der Waals surface area contributed by atoms with E-state index in [-0.39, 0.29) is 35.7 Å². The van der Waals surface area contributed by atoms with Crippen LogP contribution in [-0.4, -0.2) is 37.8 Å². The number of furan rings is 1. The molecule has 1 N–H and O–H groups in total. The molecule has 0 atom stereocenters. The number of carbonyl (C=O) groups excluding carboxylic acids is 1. The minimum atomic E-state index is -3.87. The summed E-state index contributed by atoms with van der Waals surface area (Å²) in [5.74, 6) is -0.190. The standard InChI is InChI=1S/C17H19FN2O4S/c1-12-6-7-15(24-12)17(21)19-13-8-10-20(11-9-13)25(22,23)16-5-3-2-4-14(16)18/h2-7,13H,8-11H2,1H3,(H,19,21). The Morgan fingerprint density at radius 1 is 1.20 bits per heavy atom. The molecule has 0 unspecified atom stereocenters. The van der Waals surface area contributed by atoms with E-state index in [4.69, 9.17) is 4.42 Å². The Labute approximate surface area is 145 Å². The summed E-state index contributed by atoms with van der Waals surface area (Å²) in [6.45, 7) is 2.19. The second-order valence-electron chi connectivity index (χ2n) is 5.99. The smallest absolute Gasteiger partial charge is 0.287 e. The van der Waals surface area contributed by atoms with Gasteiger partial charge in [0.1, 0.15) is 16.5 Å². The number of nitrogens with zero attached hydrogens (tertiary/aromatic N) is 1. The van der Waals surface area contributed by atoms with E-state index in [9.17, 15) is 17.6 Å². The maximum atomic E-state index is 13.8. The summed E-state index contributed by atoms with van der Waals surface area (Å²) in [7, 11) is -3.87. The number of aryl methyl sites for hydroxylation is 1. The molecule has 0 saturated carbocycles. The first-order valence-electron chi connectivity index (χ1n) is 8.00. The number of carbonyl (C=O) groups is 1. The number of rotatable bonds is 4. The summed E-state index contributed by atoms with van der Waals surface area (Å²) >= 11 is 0. The van der Waals surface area contributed by atoms with Crippen molar-refractivity contribution in [2.75, 3.05) is 13.1 Å². The van der Waals surface area contributed by atoms with Gasteiger partial charge < -0.3 is 9.73 Å². The molecule has 0 bridgehead atoms. The lowest BCUT2D eigenvalue weighted by molar-refractivity contribution is 0.0894. The highest BCUT2D eigenvalue weighted by Gasteiger charge is 2.31. The van der Waals surface area contributed by atoms with Crippen LogP contribution in [0.3, 0.4) is 0 Å². The fourth-order valence-corrected chi connectivity index (χ4v) is 4.38. The van der Waals surface area contributed by atoms with E-state index in [2.05, 4.69) is 5.32 Å². The summed E-state index contributed by atoms with van der Waals surface area (Å²) in [5, 5.41) is 2.84. The van der Waals surface area contributed by atoms with Crippen molar-refractivity contribution in [1.82, 2.24) is 9.62 Å². The molecule has 1 aliphatic heterocycles. The Morgan fingerprint density at radius 2 is 1.88 bits per heavy atom. The normalized spacial score (nSPS) is 16.7. The van der Waals surface area contributed by atoms with Crippen LogP contribution in [0.5, 0.6) is 0 Å². The summed E-state index contributed by atoms with van der Waals surface area (Å²) in [6, 6.07) is 8.50. The first-order chi connectivity index (χ1) is 11.9. The zero-order valence-corrected chi connectivity index (χ0v) is 14.6. The van der Waals surface area contributed by atoms with Gasteiger partial charge in [-0.1, -0.05) is 12.1 Å². The van der Waals surface area contributed by atoms with Crippen molar-refractivity contribution >= 4 is 15.9 Å². The van der Waals surface area contributed by atoms with Gasteiger partial charge in [0.05, 0.1) is 0 Å². The Hall–Kier alpha value is -2.19. The molecule has 1 amide bonds. The van der Waals surface area contributed by atoms with Crippen molar-refractivity contribution in [3.63, 3.8) is 0 Å². The second-order valence-corrected chi connectivity index (χ2v) is 7.90. The van der Waals surface area contributed by atoms with E-state index in [1.54, 1.807) is 19.1 Å². The van der Waals surface area contributed by atoms with Gasteiger partial charge >= 0.3 is 0 Å². The molecule has 25 heavy (non-hydrogen) atoms. The number of piperidine rings is 1. The average Bonchev–Trinajstić information content (AvgIpc) is 3.02. The molecule has 1 aromatic heterocycles. The molecule has 8 heteroatoms. The molecular weight excluding hydrogens is 347 g/mol. The van der Waals surface area contributed by atoms with Crippen LogP contribution in [0.15, 0.2) is 45.7 Å². The monoisotopic (exact) mass is 366 g/mol. The van der Waals surface area contributed by atoms with Gasteiger partial charge in [0.25, 0.3) is 5.91 Å². The topological polar surface area (TPSA) is 79.6 Å². The first-order valence-corrected chi connectivity index (χ1v) is 9.44. The molecule has 1 saturated heterocycles. The fraction of sp³-hybridized carbons (Fsp3) is 0.353. The highest BCUT2D eigenvalue weighted by Crippen LogP contribution is 2.23. The predicted molar refractivity (Wildman–Crippen MR) is 89.1 cm³/mol. The van der Waals surface area contributed by atoms with Crippen molar-refractivity contribution in [2.24, 2.45) is 0 Å². The van der Waals surface area contributed by atoms with Crippen molar-refractivity contribution in [3.8, 4) is 0 Å². The van der Waals surface area contributed by atoms with Gasteiger partial charge in [-0.05, 0) is 44.0 Å². The zero-order chi connectivity index (χ0) is 18.0. The number of sulfonamides is 1. The molecule has 0 aliphatic carbocycles. The van der Waals surface area contributed by atoms with E-state index in [0.717, 1.165) is 6.07 Å². The van der Waals surface area contributed by atoms with Crippen molar-refractivity contribution in [2.45, 2.75) is 30.7 Å². The van der Waals surface area contributed by atoms with Crippen LogP contribution in [0.4, 0.5) is 4.39 Å². The number of hydrogen-bond acceptors (Lipinski definition) is 4. The molecule has 1 aromatic carbocycles. The van der Waals surface area contributed by atoms with Crippen LogP contribution in [-0.2, 0) is 10.0 Å². The van der Waals surface area contributed by atoms with Crippen molar-refractivity contribution in [3.05, 3.63) is 53.7 Å². The Balaban J connectivity index is 1.62. The van der Waals surface area contributed by atoms with E-state index in [1.165, 1.54) is 22.5 Å². The number of hydrogen-bond donors (Lipinski definition) is 1. The maximum Gasteiger partial charge on any atom is 0.287 e. The molecule has 1 fully saturated rings. The zero-order valence-electron chi connectivity index (χ0n) is 13.7. The molecule has 6 nitrogen and oxygen atoms in total. The third kappa shape index (κ3) is 3.74. The van der Waals surface area contributed by atoms with Gasteiger partial charge in [-0.25, -0.2) is 12.8 Å². The number of nitrogens with one attached hydrogen (secondary N) is 1. The molecule has 2 aromatic rings. The van der Waals surface area contributed by atoms with E-state index in [0.29, 0.717) is 18.6 Å². The molecule has 134 valence electrons. The maximum absolute atomic E-state index is 13.8. The Bertz CT molecular complexity index is 870. The first kappa shape index (κ1) is 17.6. The molecule has 1 aliphatic rings. The largest absolute Gasteiger partial charge is 0.456 e. The number of halogens is 1. The van der Waals surface area contributed by atoms with Crippen LogP contribution in [0.25, 0.3) is 0 Å². The van der Waals surface area contributed by atoms with E-state index >= 15 is 0 Å². The third-order valence-electron chi connectivity index (χ3n) is 4.21. The highest BCUT2D eigenvalue weighted by atomic mass is 32.2. The van der Waals surface area contributed by atoms with Crippen LogP contribution in [0.2, 0.25) is 0 Å². The molecular formula is C17H19FN2O4S. The van der Waals surface area contributed by atoms with Crippen LogP contribution in [0, 0.1) is 12.7 Å². The van der Waals surface area contributed by atoms with Crippen molar-refractivity contribution < 1.29 is 22.0 Å². The van der Waals surface area contributed by atoms with Gasteiger partial charge in [0.2, 0.25) is 10.0 Å². The SMILES string of the molecule is Cc1ccc(C(=O)NC2CCN(S(=O)(=O)c3ccccc3F)CC2)o1. The number of amides is 1. The molecule has 3 rings (SSSR count). The predicted octanol–water partition coefficient (Wildman–Crippen LogP) is 2.31. The van der Waals surface area contributed by atoms with Crippen molar-refractivity contribution in [1.29, 1.82) is 0 Å². The minimum absolute atomic E-state index is 0.148.